The molecule has 0 saturated heterocycles. The number of carbonyl (C=O) groups excluding carboxylic acids is 1. The molecular formula is C12H23NO3. The molecule has 4 nitrogen and oxygen atoms in total. The van der Waals surface area contributed by atoms with E-state index in [-0.39, 0.29) is 12.5 Å². The van der Waals surface area contributed by atoms with Gasteiger partial charge in [-0.05, 0) is 18.8 Å². The van der Waals surface area contributed by atoms with Crippen molar-refractivity contribution in [2.24, 2.45) is 5.92 Å². The Hall–Kier alpha value is -0.610. The van der Waals surface area contributed by atoms with E-state index >= 15 is 0 Å². The molecule has 1 aliphatic carbocycles. The predicted octanol–water partition coefficient (Wildman–Crippen LogP) is 1.34. The summed E-state index contributed by atoms with van der Waals surface area (Å²) in [6, 6.07) is 0. The van der Waals surface area contributed by atoms with Gasteiger partial charge in [-0.15, -0.1) is 0 Å². The van der Waals surface area contributed by atoms with Crippen molar-refractivity contribution in [2.75, 3.05) is 26.9 Å². The zero-order valence-electron chi connectivity index (χ0n) is 10.3. The Balaban J connectivity index is 2.03. The third-order valence-electron chi connectivity index (χ3n) is 3.06. The largest absolute Gasteiger partial charge is 0.376 e. The summed E-state index contributed by atoms with van der Waals surface area (Å²) >= 11 is 0. The highest BCUT2D eigenvalue weighted by Crippen LogP contribution is 2.25. The molecule has 0 spiro atoms. The minimum atomic E-state index is -0.0807. The number of hydrogen-bond acceptors (Lipinski definition) is 3. The molecule has 0 aromatic heterocycles. The van der Waals surface area contributed by atoms with Crippen LogP contribution in [0.1, 0.15) is 32.6 Å². The maximum atomic E-state index is 11.1. The quantitative estimate of drug-likeness (QED) is 0.699. The first-order valence-corrected chi connectivity index (χ1v) is 6.11. The van der Waals surface area contributed by atoms with Crippen LogP contribution in [0, 0.1) is 5.92 Å². The molecule has 1 saturated carbocycles. The second-order valence-electron chi connectivity index (χ2n) is 4.45. The SMILES string of the molecule is COCC(=O)NCCO[C@@H]1CCCC[C@H]1C. The molecule has 0 unspecified atom stereocenters. The van der Waals surface area contributed by atoms with Crippen LogP contribution in [-0.2, 0) is 14.3 Å². The molecule has 0 aliphatic heterocycles. The molecule has 4 heteroatoms. The molecule has 1 N–H and O–H groups in total. The van der Waals surface area contributed by atoms with E-state index in [9.17, 15) is 4.79 Å². The average molecular weight is 229 g/mol. The fraction of sp³-hybridized carbons (Fsp3) is 0.917. The topological polar surface area (TPSA) is 47.6 Å². The number of rotatable bonds is 6. The van der Waals surface area contributed by atoms with Gasteiger partial charge < -0.3 is 14.8 Å². The van der Waals surface area contributed by atoms with E-state index in [2.05, 4.69) is 12.2 Å². The number of nitrogens with one attached hydrogen (secondary N) is 1. The van der Waals surface area contributed by atoms with Crippen molar-refractivity contribution in [3.05, 3.63) is 0 Å². The Kier molecular flexibility index (Phi) is 6.42. The van der Waals surface area contributed by atoms with Crippen molar-refractivity contribution in [1.82, 2.24) is 5.32 Å². The van der Waals surface area contributed by atoms with Crippen LogP contribution in [0.5, 0.6) is 0 Å². The molecule has 1 amide bonds. The van der Waals surface area contributed by atoms with Crippen LogP contribution in [0.4, 0.5) is 0 Å². The van der Waals surface area contributed by atoms with Crippen LogP contribution in [-0.4, -0.2) is 38.9 Å². The maximum Gasteiger partial charge on any atom is 0.246 e. The molecular weight excluding hydrogens is 206 g/mol. The highest BCUT2D eigenvalue weighted by molar-refractivity contribution is 5.77. The Bertz CT molecular complexity index is 208. The summed E-state index contributed by atoms with van der Waals surface area (Å²) in [5, 5.41) is 2.75. The number of hydrogen-bond donors (Lipinski definition) is 1. The molecule has 0 heterocycles. The number of carbonyl (C=O) groups is 1. The lowest BCUT2D eigenvalue weighted by molar-refractivity contribution is -0.125. The minimum absolute atomic E-state index is 0.0807. The first-order chi connectivity index (χ1) is 7.74. The van der Waals surface area contributed by atoms with Gasteiger partial charge in [0.05, 0.1) is 12.7 Å². The summed E-state index contributed by atoms with van der Waals surface area (Å²) in [6.45, 7) is 3.54. The van der Waals surface area contributed by atoms with E-state index in [0.717, 1.165) is 6.42 Å². The third-order valence-corrected chi connectivity index (χ3v) is 3.06. The molecule has 94 valence electrons. The van der Waals surface area contributed by atoms with E-state index in [1.54, 1.807) is 0 Å². The standard InChI is InChI=1S/C12H23NO3/c1-10-5-3-4-6-11(10)16-8-7-13-12(14)9-15-2/h10-11H,3-9H2,1-2H3,(H,13,14)/t10-,11-/m1/s1. The molecule has 2 atom stereocenters. The Labute approximate surface area is 97.7 Å². The molecule has 1 rings (SSSR count). The first kappa shape index (κ1) is 13.5. The van der Waals surface area contributed by atoms with Crippen molar-refractivity contribution in [3.8, 4) is 0 Å². The summed E-state index contributed by atoms with van der Waals surface area (Å²) in [4.78, 5) is 11.1. The highest BCUT2D eigenvalue weighted by Gasteiger charge is 2.21. The summed E-state index contributed by atoms with van der Waals surface area (Å²) in [5.74, 6) is 0.575. The van der Waals surface area contributed by atoms with Crippen molar-refractivity contribution in [2.45, 2.75) is 38.7 Å². The van der Waals surface area contributed by atoms with Gasteiger partial charge in [-0.3, -0.25) is 4.79 Å². The van der Waals surface area contributed by atoms with Crippen LogP contribution >= 0.6 is 0 Å². The zero-order valence-corrected chi connectivity index (χ0v) is 10.3. The zero-order chi connectivity index (χ0) is 11.8. The first-order valence-electron chi connectivity index (χ1n) is 6.11. The number of methoxy groups -OCH3 is 1. The normalized spacial score (nSPS) is 25.4. The van der Waals surface area contributed by atoms with E-state index < -0.39 is 0 Å². The number of ether oxygens (including phenoxy) is 2. The summed E-state index contributed by atoms with van der Waals surface area (Å²) < 4.78 is 10.5. The van der Waals surface area contributed by atoms with E-state index in [0.29, 0.717) is 25.2 Å². The van der Waals surface area contributed by atoms with Gasteiger partial charge in [0.1, 0.15) is 6.61 Å². The predicted molar refractivity (Wildman–Crippen MR) is 62.3 cm³/mol. The van der Waals surface area contributed by atoms with Gasteiger partial charge in [0.15, 0.2) is 0 Å². The lowest BCUT2D eigenvalue weighted by Gasteiger charge is -2.28. The molecule has 1 fully saturated rings. The average Bonchev–Trinajstić information content (AvgIpc) is 2.27. The fourth-order valence-electron chi connectivity index (χ4n) is 2.11. The van der Waals surface area contributed by atoms with Crippen LogP contribution in [0.25, 0.3) is 0 Å². The van der Waals surface area contributed by atoms with Crippen LogP contribution in [0.2, 0.25) is 0 Å². The van der Waals surface area contributed by atoms with Crippen LogP contribution in [0.15, 0.2) is 0 Å². The van der Waals surface area contributed by atoms with Crippen molar-refractivity contribution in [1.29, 1.82) is 0 Å². The van der Waals surface area contributed by atoms with E-state index in [1.165, 1.54) is 26.4 Å². The molecule has 0 aromatic carbocycles. The van der Waals surface area contributed by atoms with Gasteiger partial charge in [0.2, 0.25) is 5.91 Å². The third kappa shape index (κ3) is 4.94. The van der Waals surface area contributed by atoms with Crippen molar-refractivity contribution < 1.29 is 14.3 Å². The van der Waals surface area contributed by atoms with Gasteiger partial charge in [-0.25, -0.2) is 0 Å². The van der Waals surface area contributed by atoms with E-state index in [4.69, 9.17) is 9.47 Å². The van der Waals surface area contributed by atoms with Crippen LogP contribution in [0.3, 0.4) is 0 Å². The molecule has 0 radical (unpaired) electrons. The van der Waals surface area contributed by atoms with Crippen molar-refractivity contribution >= 4 is 5.91 Å². The Morgan fingerprint density at radius 3 is 2.81 bits per heavy atom. The van der Waals surface area contributed by atoms with Gasteiger partial charge in [0, 0.05) is 13.7 Å². The molecule has 1 aliphatic rings. The Morgan fingerprint density at radius 2 is 2.12 bits per heavy atom. The smallest absolute Gasteiger partial charge is 0.246 e. The van der Waals surface area contributed by atoms with Gasteiger partial charge >= 0.3 is 0 Å². The summed E-state index contributed by atoms with van der Waals surface area (Å²) in [7, 11) is 1.51. The number of amides is 1. The fourth-order valence-corrected chi connectivity index (χ4v) is 2.11. The van der Waals surface area contributed by atoms with E-state index in [1.807, 2.05) is 0 Å². The van der Waals surface area contributed by atoms with Crippen molar-refractivity contribution in [3.63, 3.8) is 0 Å². The molecule has 16 heavy (non-hydrogen) atoms. The molecule has 0 bridgehead atoms. The monoisotopic (exact) mass is 229 g/mol. The minimum Gasteiger partial charge on any atom is -0.376 e. The van der Waals surface area contributed by atoms with Gasteiger partial charge in [-0.2, -0.15) is 0 Å². The highest BCUT2D eigenvalue weighted by atomic mass is 16.5. The second-order valence-corrected chi connectivity index (χ2v) is 4.45. The van der Waals surface area contributed by atoms with Gasteiger partial charge in [-0.1, -0.05) is 19.8 Å². The lowest BCUT2D eigenvalue weighted by Crippen LogP contribution is -2.33. The molecule has 0 aromatic rings. The maximum absolute atomic E-state index is 11.1. The van der Waals surface area contributed by atoms with Gasteiger partial charge in [0.25, 0.3) is 0 Å². The summed E-state index contributed by atoms with van der Waals surface area (Å²) in [5.41, 5.74) is 0. The lowest BCUT2D eigenvalue weighted by atomic mass is 9.88. The second kappa shape index (κ2) is 7.63. The summed E-state index contributed by atoms with van der Waals surface area (Å²) in [6.07, 6.45) is 5.40. The van der Waals surface area contributed by atoms with Crippen LogP contribution < -0.4 is 5.32 Å². The Morgan fingerprint density at radius 1 is 1.38 bits per heavy atom.